The van der Waals surface area contributed by atoms with Crippen molar-refractivity contribution in [2.75, 3.05) is 26.3 Å². The quantitative estimate of drug-likeness (QED) is 0.417. The lowest BCUT2D eigenvalue weighted by Gasteiger charge is -2.25. The molecule has 1 atom stereocenters. The normalized spacial score (nSPS) is 15.0. The number of rotatable bonds is 10. The van der Waals surface area contributed by atoms with Gasteiger partial charge in [0.2, 0.25) is 0 Å². The molecule has 1 saturated heterocycles. The third-order valence-electron chi connectivity index (χ3n) is 6.29. The topological polar surface area (TPSA) is 76.8 Å². The van der Waals surface area contributed by atoms with Crippen molar-refractivity contribution in [3.8, 4) is 17.6 Å². The van der Waals surface area contributed by atoms with E-state index in [1.165, 1.54) is 5.39 Å². The Labute approximate surface area is 213 Å². The summed E-state index contributed by atoms with van der Waals surface area (Å²) < 4.78 is 13.7. The fourth-order valence-corrected chi connectivity index (χ4v) is 4.52. The summed E-state index contributed by atoms with van der Waals surface area (Å²) in [4.78, 5) is 13.6. The number of nitrogens with zero attached hydrogens (tertiary/aromatic N) is 3. The fourth-order valence-electron chi connectivity index (χ4n) is 4.52. The number of hydrogen-bond acceptors (Lipinski definition) is 5. The molecule has 0 saturated carbocycles. The van der Waals surface area contributed by atoms with Crippen LogP contribution in [0.25, 0.3) is 10.9 Å². The first-order valence-electron chi connectivity index (χ1n) is 12.6. The Hall–Kier alpha value is -3.34. The predicted molar refractivity (Wildman–Crippen MR) is 140 cm³/mol. The van der Waals surface area contributed by atoms with Gasteiger partial charge in [-0.25, -0.2) is 0 Å². The largest absolute Gasteiger partial charge is 0.489 e. The van der Waals surface area contributed by atoms with Crippen LogP contribution < -0.4 is 4.74 Å². The monoisotopic (exact) mass is 489 g/mol. The lowest BCUT2D eigenvalue weighted by Crippen LogP contribution is -2.35. The zero-order valence-electron chi connectivity index (χ0n) is 21.4. The second-order valence-corrected chi connectivity index (χ2v) is 9.67. The van der Waals surface area contributed by atoms with Crippen molar-refractivity contribution < 1.29 is 19.4 Å². The molecule has 1 N–H and O–H groups in total. The van der Waals surface area contributed by atoms with E-state index in [-0.39, 0.29) is 12.3 Å². The van der Waals surface area contributed by atoms with E-state index >= 15 is 0 Å². The van der Waals surface area contributed by atoms with Crippen molar-refractivity contribution in [2.45, 2.75) is 52.8 Å². The summed E-state index contributed by atoms with van der Waals surface area (Å²) in [5.74, 6) is 5.86. The van der Waals surface area contributed by atoms with Crippen LogP contribution in [0.1, 0.15) is 49.9 Å². The number of carboxylic acids is 1. The third kappa shape index (κ3) is 6.66. The van der Waals surface area contributed by atoms with Gasteiger partial charge in [0.15, 0.2) is 0 Å². The molecule has 7 heteroatoms. The highest BCUT2D eigenvalue weighted by Crippen LogP contribution is 2.25. The SMILES string of the molecule is CC#C[C@@H](CC(=O)O)c1ccc(OCc2ccc3c(CN4CCOCC4)nn(CC(C)C)c3c2)cc1. The minimum Gasteiger partial charge on any atom is -0.489 e. The Kier molecular flexibility index (Phi) is 8.63. The van der Waals surface area contributed by atoms with Crippen molar-refractivity contribution in [1.82, 2.24) is 14.7 Å². The lowest BCUT2D eigenvalue weighted by atomic mass is 9.96. The Morgan fingerprint density at radius 3 is 2.58 bits per heavy atom. The number of benzene rings is 2. The summed E-state index contributed by atoms with van der Waals surface area (Å²) in [5, 5.41) is 15.3. The molecule has 2 heterocycles. The number of aromatic nitrogens is 2. The molecule has 1 fully saturated rings. The lowest BCUT2D eigenvalue weighted by molar-refractivity contribution is -0.137. The summed E-state index contributed by atoms with van der Waals surface area (Å²) in [5.41, 5.74) is 4.21. The molecule has 0 amide bonds. The summed E-state index contributed by atoms with van der Waals surface area (Å²) >= 11 is 0. The maximum Gasteiger partial charge on any atom is 0.304 e. The summed E-state index contributed by atoms with van der Waals surface area (Å²) in [6, 6.07) is 14.0. The van der Waals surface area contributed by atoms with Gasteiger partial charge in [-0.2, -0.15) is 5.10 Å². The molecule has 0 bridgehead atoms. The van der Waals surface area contributed by atoms with Gasteiger partial charge in [0.25, 0.3) is 0 Å². The molecular weight excluding hydrogens is 454 g/mol. The molecule has 0 spiro atoms. The summed E-state index contributed by atoms with van der Waals surface area (Å²) in [6.07, 6.45) is -0.0152. The Morgan fingerprint density at radius 2 is 1.92 bits per heavy atom. The average molecular weight is 490 g/mol. The predicted octanol–water partition coefficient (Wildman–Crippen LogP) is 4.69. The molecule has 3 aromatic rings. The number of hydrogen-bond donors (Lipinski definition) is 1. The van der Waals surface area contributed by atoms with Gasteiger partial charge in [0.05, 0.1) is 36.8 Å². The molecule has 1 aromatic heterocycles. The third-order valence-corrected chi connectivity index (χ3v) is 6.29. The first-order valence-corrected chi connectivity index (χ1v) is 12.6. The molecule has 2 aromatic carbocycles. The highest BCUT2D eigenvalue weighted by atomic mass is 16.5. The molecule has 190 valence electrons. The zero-order valence-corrected chi connectivity index (χ0v) is 21.4. The molecule has 0 aliphatic carbocycles. The minimum atomic E-state index is -0.858. The van der Waals surface area contributed by atoms with Gasteiger partial charge in [-0.05, 0) is 42.2 Å². The van der Waals surface area contributed by atoms with Gasteiger partial charge in [-0.1, -0.05) is 44.0 Å². The molecule has 7 nitrogen and oxygen atoms in total. The Balaban J connectivity index is 1.48. The fraction of sp³-hybridized carbons (Fsp3) is 0.448. The highest BCUT2D eigenvalue weighted by molar-refractivity contribution is 5.82. The highest BCUT2D eigenvalue weighted by Gasteiger charge is 2.18. The van der Waals surface area contributed by atoms with Crippen LogP contribution >= 0.6 is 0 Å². The number of ether oxygens (including phenoxy) is 2. The molecule has 4 rings (SSSR count). The van der Waals surface area contributed by atoms with Crippen molar-refractivity contribution in [1.29, 1.82) is 0 Å². The van der Waals surface area contributed by atoms with Crippen LogP contribution in [0.3, 0.4) is 0 Å². The van der Waals surface area contributed by atoms with Gasteiger partial charge in [0.1, 0.15) is 12.4 Å². The van der Waals surface area contributed by atoms with Gasteiger partial charge in [-0.15, -0.1) is 5.92 Å². The van der Waals surface area contributed by atoms with E-state index < -0.39 is 5.97 Å². The van der Waals surface area contributed by atoms with Crippen molar-refractivity contribution >= 4 is 16.9 Å². The first-order chi connectivity index (χ1) is 17.4. The van der Waals surface area contributed by atoms with Crippen LogP contribution in [0.4, 0.5) is 0 Å². The van der Waals surface area contributed by atoms with Crippen molar-refractivity contribution in [3.63, 3.8) is 0 Å². The standard InChI is InChI=1S/C29H35N3O4/c1-4-5-24(17-29(33)34)23-7-9-25(10-8-23)36-20-22-6-11-26-27(19-31-12-14-35-15-13-31)30-32(18-21(2)3)28(26)16-22/h6-11,16,21,24H,12-15,17-20H2,1-3H3,(H,33,34)/t24-/m0/s1. The molecule has 1 aliphatic rings. The van der Waals surface area contributed by atoms with Gasteiger partial charge in [0, 0.05) is 31.6 Å². The second-order valence-electron chi connectivity index (χ2n) is 9.67. The summed E-state index contributed by atoms with van der Waals surface area (Å²) in [7, 11) is 0. The average Bonchev–Trinajstić information content (AvgIpc) is 3.18. The van der Waals surface area contributed by atoms with E-state index in [2.05, 4.69) is 53.5 Å². The van der Waals surface area contributed by atoms with E-state index in [1.807, 2.05) is 24.3 Å². The molecule has 0 radical (unpaired) electrons. The van der Waals surface area contributed by atoms with Crippen molar-refractivity contribution in [2.24, 2.45) is 5.92 Å². The number of fused-ring (bicyclic) bond motifs is 1. The maximum absolute atomic E-state index is 11.2. The minimum absolute atomic E-state index is 0.0152. The van der Waals surface area contributed by atoms with Crippen LogP contribution in [-0.2, 0) is 29.2 Å². The molecule has 36 heavy (non-hydrogen) atoms. The Morgan fingerprint density at radius 1 is 1.17 bits per heavy atom. The van der Waals surface area contributed by atoms with E-state index in [1.54, 1.807) is 6.92 Å². The summed E-state index contributed by atoms with van der Waals surface area (Å²) in [6.45, 7) is 11.7. The van der Waals surface area contributed by atoms with Gasteiger partial charge in [-0.3, -0.25) is 14.4 Å². The van der Waals surface area contributed by atoms with E-state index in [9.17, 15) is 4.79 Å². The van der Waals surface area contributed by atoms with Crippen molar-refractivity contribution in [3.05, 3.63) is 59.3 Å². The van der Waals surface area contributed by atoms with Crippen LogP contribution in [0, 0.1) is 17.8 Å². The smallest absolute Gasteiger partial charge is 0.304 e. The van der Waals surface area contributed by atoms with Crippen LogP contribution in [0.5, 0.6) is 5.75 Å². The van der Waals surface area contributed by atoms with Crippen LogP contribution in [0.15, 0.2) is 42.5 Å². The first kappa shape index (κ1) is 25.7. The maximum atomic E-state index is 11.2. The van der Waals surface area contributed by atoms with Crippen LogP contribution in [0.2, 0.25) is 0 Å². The van der Waals surface area contributed by atoms with Gasteiger partial charge >= 0.3 is 5.97 Å². The zero-order chi connectivity index (χ0) is 25.5. The number of aliphatic carboxylic acids is 1. The molecular formula is C29H35N3O4. The number of morpholine rings is 1. The molecule has 0 unspecified atom stereocenters. The van der Waals surface area contributed by atoms with Crippen LogP contribution in [-0.4, -0.2) is 52.1 Å². The second kappa shape index (κ2) is 12.1. The van der Waals surface area contributed by atoms with E-state index in [0.717, 1.165) is 67.5 Å². The molecule has 1 aliphatic heterocycles. The number of carbonyl (C=O) groups is 1. The number of carboxylic acid groups (broad SMARTS) is 1. The van der Waals surface area contributed by atoms with Gasteiger partial charge < -0.3 is 14.6 Å². The van der Waals surface area contributed by atoms with E-state index in [4.69, 9.17) is 19.7 Å². The Bertz CT molecular complexity index is 1230. The van der Waals surface area contributed by atoms with E-state index in [0.29, 0.717) is 12.5 Å².